The molecule has 4 nitrogen and oxygen atoms in total. The summed E-state index contributed by atoms with van der Waals surface area (Å²) in [7, 11) is 1.95. The van der Waals surface area contributed by atoms with Crippen LogP contribution in [0.15, 0.2) is 6.20 Å². The van der Waals surface area contributed by atoms with Crippen LogP contribution in [0.1, 0.15) is 30.1 Å². The van der Waals surface area contributed by atoms with Gasteiger partial charge in [0.2, 0.25) is 0 Å². The van der Waals surface area contributed by atoms with E-state index in [9.17, 15) is 0 Å². The Kier molecular flexibility index (Phi) is 2.56. The Morgan fingerprint density at radius 2 is 2.43 bits per heavy atom. The van der Waals surface area contributed by atoms with Crippen LogP contribution in [0.4, 0.5) is 0 Å². The molecular weight excluding hydrogens is 176 g/mol. The van der Waals surface area contributed by atoms with Crippen LogP contribution in [0.5, 0.6) is 0 Å². The Morgan fingerprint density at radius 3 is 2.86 bits per heavy atom. The lowest BCUT2D eigenvalue weighted by molar-refractivity contribution is 0.536. The molecule has 1 aromatic heterocycles. The van der Waals surface area contributed by atoms with E-state index in [2.05, 4.69) is 16.6 Å². The van der Waals surface area contributed by atoms with Gasteiger partial charge in [-0.15, -0.1) is 0 Å². The van der Waals surface area contributed by atoms with Crippen LogP contribution in [0.3, 0.4) is 0 Å². The van der Waals surface area contributed by atoms with Gasteiger partial charge in [-0.1, -0.05) is 0 Å². The first kappa shape index (κ1) is 9.68. The smallest absolute Gasteiger partial charge is 0.0641 e. The van der Waals surface area contributed by atoms with E-state index in [-0.39, 0.29) is 6.04 Å². The molecule has 0 amide bonds. The van der Waals surface area contributed by atoms with Crippen LogP contribution in [0.25, 0.3) is 0 Å². The van der Waals surface area contributed by atoms with Crippen LogP contribution in [-0.2, 0) is 7.05 Å². The maximum Gasteiger partial charge on any atom is 0.0641 e. The van der Waals surface area contributed by atoms with Crippen molar-refractivity contribution in [2.75, 3.05) is 6.54 Å². The lowest BCUT2D eigenvalue weighted by Gasteiger charge is -2.15. The third kappa shape index (κ3) is 1.96. The Balaban J connectivity index is 2.12. The second kappa shape index (κ2) is 3.71. The summed E-state index contributed by atoms with van der Waals surface area (Å²) in [5, 5.41) is 7.86. The standard InChI is InChI=1S/C10H18N4/c1-7-9(6-14(2)13-7)10(5-11)12-8-3-4-8/h6,8,10,12H,3-5,11H2,1-2H3. The molecule has 1 fully saturated rings. The van der Waals surface area contributed by atoms with Crippen molar-refractivity contribution in [1.82, 2.24) is 15.1 Å². The molecule has 0 spiro atoms. The van der Waals surface area contributed by atoms with Gasteiger partial charge < -0.3 is 11.1 Å². The van der Waals surface area contributed by atoms with Gasteiger partial charge in [-0.05, 0) is 19.8 Å². The minimum atomic E-state index is 0.274. The monoisotopic (exact) mass is 194 g/mol. The molecule has 0 bridgehead atoms. The summed E-state index contributed by atoms with van der Waals surface area (Å²) in [4.78, 5) is 0. The minimum absolute atomic E-state index is 0.274. The van der Waals surface area contributed by atoms with E-state index in [0.717, 1.165) is 5.69 Å². The number of hydrogen-bond acceptors (Lipinski definition) is 3. The van der Waals surface area contributed by atoms with Crippen molar-refractivity contribution in [3.63, 3.8) is 0 Å². The molecule has 0 aromatic carbocycles. The molecule has 1 aliphatic carbocycles. The van der Waals surface area contributed by atoms with Crippen LogP contribution >= 0.6 is 0 Å². The molecule has 1 saturated carbocycles. The highest BCUT2D eigenvalue weighted by molar-refractivity contribution is 5.21. The lowest BCUT2D eigenvalue weighted by atomic mass is 10.1. The van der Waals surface area contributed by atoms with Gasteiger partial charge in [0.05, 0.1) is 5.69 Å². The molecular formula is C10H18N4. The van der Waals surface area contributed by atoms with Gasteiger partial charge in [-0.25, -0.2) is 0 Å². The van der Waals surface area contributed by atoms with Gasteiger partial charge in [0, 0.05) is 37.4 Å². The van der Waals surface area contributed by atoms with Crippen molar-refractivity contribution in [1.29, 1.82) is 0 Å². The summed E-state index contributed by atoms with van der Waals surface area (Å²) in [6.45, 7) is 2.68. The summed E-state index contributed by atoms with van der Waals surface area (Å²) >= 11 is 0. The molecule has 2 rings (SSSR count). The predicted molar refractivity (Wildman–Crippen MR) is 55.9 cm³/mol. The van der Waals surface area contributed by atoms with Crippen molar-refractivity contribution in [2.45, 2.75) is 31.8 Å². The van der Waals surface area contributed by atoms with E-state index in [1.807, 2.05) is 18.7 Å². The van der Waals surface area contributed by atoms with Crippen molar-refractivity contribution >= 4 is 0 Å². The number of rotatable bonds is 4. The van der Waals surface area contributed by atoms with Crippen molar-refractivity contribution in [3.8, 4) is 0 Å². The first-order valence-corrected chi connectivity index (χ1v) is 5.17. The zero-order chi connectivity index (χ0) is 10.1. The number of nitrogens with two attached hydrogens (primary N) is 1. The number of nitrogens with one attached hydrogen (secondary N) is 1. The van der Waals surface area contributed by atoms with E-state index in [1.54, 1.807) is 0 Å². The summed E-state index contributed by atoms with van der Waals surface area (Å²) in [6.07, 6.45) is 4.63. The highest BCUT2D eigenvalue weighted by Gasteiger charge is 2.26. The fourth-order valence-electron chi connectivity index (χ4n) is 1.78. The molecule has 78 valence electrons. The van der Waals surface area contributed by atoms with E-state index < -0.39 is 0 Å². The largest absolute Gasteiger partial charge is 0.329 e. The highest BCUT2D eigenvalue weighted by atomic mass is 15.3. The normalized spacial score (nSPS) is 18.5. The van der Waals surface area contributed by atoms with Gasteiger partial charge in [-0.3, -0.25) is 4.68 Å². The fraction of sp³-hybridized carbons (Fsp3) is 0.700. The molecule has 1 unspecified atom stereocenters. The highest BCUT2D eigenvalue weighted by Crippen LogP contribution is 2.24. The molecule has 14 heavy (non-hydrogen) atoms. The number of nitrogens with zero attached hydrogens (tertiary/aromatic N) is 2. The predicted octanol–water partition coefficient (Wildman–Crippen LogP) is 0.480. The second-order valence-corrected chi connectivity index (χ2v) is 4.07. The maximum absolute atomic E-state index is 5.76. The van der Waals surface area contributed by atoms with Crippen molar-refractivity contribution < 1.29 is 0 Å². The van der Waals surface area contributed by atoms with Crippen molar-refractivity contribution in [3.05, 3.63) is 17.5 Å². The Labute approximate surface area is 84.5 Å². The zero-order valence-corrected chi connectivity index (χ0v) is 8.83. The summed E-state index contributed by atoms with van der Waals surface area (Å²) < 4.78 is 1.85. The number of hydrogen-bond donors (Lipinski definition) is 2. The van der Waals surface area contributed by atoms with Crippen LogP contribution in [0.2, 0.25) is 0 Å². The van der Waals surface area contributed by atoms with Crippen molar-refractivity contribution in [2.24, 2.45) is 12.8 Å². The molecule has 3 N–H and O–H groups in total. The molecule has 1 heterocycles. The minimum Gasteiger partial charge on any atom is -0.329 e. The van der Waals surface area contributed by atoms with Gasteiger partial charge in [0.15, 0.2) is 0 Å². The summed E-state index contributed by atoms with van der Waals surface area (Å²) in [6, 6.07) is 0.958. The van der Waals surface area contributed by atoms with Crippen LogP contribution in [0, 0.1) is 6.92 Å². The quantitative estimate of drug-likeness (QED) is 0.733. The lowest BCUT2D eigenvalue weighted by Crippen LogP contribution is -2.30. The summed E-state index contributed by atoms with van der Waals surface area (Å²) in [5.74, 6) is 0. The zero-order valence-electron chi connectivity index (χ0n) is 8.83. The summed E-state index contributed by atoms with van der Waals surface area (Å²) in [5.41, 5.74) is 8.08. The Bertz CT molecular complexity index is 314. The Morgan fingerprint density at radius 1 is 1.71 bits per heavy atom. The van der Waals surface area contributed by atoms with E-state index >= 15 is 0 Å². The first-order chi connectivity index (χ1) is 6.70. The van der Waals surface area contributed by atoms with Gasteiger partial charge >= 0.3 is 0 Å². The topological polar surface area (TPSA) is 55.9 Å². The average molecular weight is 194 g/mol. The SMILES string of the molecule is Cc1nn(C)cc1C(CN)NC1CC1. The maximum atomic E-state index is 5.76. The average Bonchev–Trinajstić information content (AvgIpc) is 2.89. The molecule has 0 aliphatic heterocycles. The molecule has 1 aliphatic rings. The van der Waals surface area contributed by atoms with Crippen LogP contribution < -0.4 is 11.1 Å². The van der Waals surface area contributed by atoms with Gasteiger partial charge in [0.1, 0.15) is 0 Å². The second-order valence-electron chi connectivity index (χ2n) is 4.07. The first-order valence-electron chi connectivity index (χ1n) is 5.17. The molecule has 1 aromatic rings. The molecule has 1 atom stereocenters. The molecule has 4 heteroatoms. The van der Waals surface area contributed by atoms with E-state index in [1.165, 1.54) is 18.4 Å². The van der Waals surface area contributed by atoms with E-state index in [4.69, 9.17) is 5.73 Å². The Hall–Kier alpha value is -0.870. The van der Waals surface area contributed by atoms with E-state index in [0.29, 0.717) is 12.6 Å². The van der Waals surface area contributed by atoms with Gasteiger partial charge in [-0.2, -0.15) is 5.10 Å². The molecule has 0 radical (unpaired) electrons. The third-order valence-electron chi connectivity index (χ3n) is 2.68. The third-order valence-corrected chi connectivity index (χ3v) is 2.68. The molecule has 0 saturated heterocycles. The van der Waals surface area contributed by atoms with Gasteiger partial charge in [0.25, 0.3) is 0 Å². The number of aryl methyl sites for hydroxylation is 2. The number of aromatic nitrogens is 2. The fourth-order valence-corrected chi connectivity index (χ4v) is 1.78. The van der Waals surface area contributed by atoms with Crippen LogP contribution in [-0.4, -0.2) is 22.4 Å².